The number of nitrogens with zero attached hydrogens (tertiary/aromatic N) is 2. The predicted molar refractivity (Wildman–Crippen MR) is 137 cm³/mol. The first-order valence-electron chi connectivity index (χ1n) is 11.6. The molecular weight excluding hydrogens is 487 g/mol. The molecule has 0 radical (unpaired) electrons. The van der Waals surface area contributed by atoms with E-state index in [4.69, 9.17) is 16.3 Å². The van der Waals surface area contributed by atoms with Gasteiger partial charge in [-0.1, -0.05) is 31.5 Å². The van der Waals surface area contributed by atoms with Gasteiger partial charge in [-0.05, 0) is 71.8 Å². The number of rotatable bonds is 8. The second-order valence-corrected chi connectivity index (χ2v) is 10.4. The van der Waals surface area contributed by atoms with E-state index in [0.29, 0.717) is 30.5 Å². The van der Waals surface area contributed by atoms with Crippen LogP contribution in [-0.4, -0.2) is 47.9 Å². The van der Waals surface area contributed by atoms with Crippen molar-refractivity contribution in [3.05, 3.63) is 86.8 Å². The van der Waals surface area contributed by atoms with Crippen LogP contribution in [0.4, 0.5) is 4.39 Å². The molecule has 184 valence electrons. The first-order valence-corrected chi connectivity index (χ1v) is 12.9. The van der Waals surface area contributed by atoms with Gasteiger partial charge in [-0.2, -0.15) is 0 Å². The first-order chi connectivity index (χ1) is 16.8. The Labute approximate surface area is 214 Å². The molecule has 4 rings (SSSR count). The van der Waals surface area contributed by atoms with Crippen LogP contribution < -0.4 is 4.74 Å². The average molecular weight is 515 g/mol. The maximum atomic E-state index is 13.7. The van der Waals surface area contributed by atoms with Gasteiger partial charge < -0.3 is 14.5 Å². The SMILES string of the molecule is CC(C)CN(CC(=O)N1CCc2sccc2[C@H]1COc1ccc(Cl)cc1)C(=O)c1cccc(F)c1. The number of halogens is 2. The Morgan fingerprint density at radius 2 is 1.97 bits per heavy atom. The van der Waals surface area contributed by atoms with Crippen molar-refractivity contribution in [2.45, 2.75) is 26.3 Å². The van der Waals surface area contributed by atoms with Crippen LogP contribution >= 0.6 is 22.9 Å². The molecule has 0 N–H and O–H groups in total. The summed E-state index contributed by atoms with van der Waals surface area (Å²) in [4.78, 5) is 31.3. The van der Waals surface area contributed by atoms with Crippen molar-refractivity contribution in [3.8, 4) is 5.75 Å². The van der Waals surface area contributed by atoms with Gasteiger partial charge >= 0.3 is 0 Å². The second-order valence-electron chi connectivity index (χ2n) is 9.01. The van der Waals surface area contributed by atoms with Gasteiger partial charge in [-0.3, -0.25) is 9.59 Å². The molecule has 2 aromatic carbocycles. The lowest BCUT2D eigenvalue weighted by Crippen LogP contribution is -2.48. The smallest absolute Gasteiger partial charge is 0.254 e. The molecule has 1 aliphatic rings. The van der Waals surface area contributed by atoms with E-state index in [0.717, 1.165) is 12.0 Å². The van der Waals surface area contributed by atoms with Gasteiger partial charge in [0.1, 0.15) is 24.7 Å². The van der Waals surface area contributed by atoms with Crippen LogP contribution in [0.1, 0.15) is 40.7 Å². The van der Waals surface area contributed by atoms with Crippen LogP contribution in [0.15, 0.2) is 60.0 Å². The first kappa shape index (κ1) is 25.2. The van der Waals surface area contributed by atoms with E-state index < -0.39 is 5.82 Å². The zero-order valence-electron chi connectivity index (χ0n) is 19.7. The van der Waals surface area contributed by atoms with Crippen molar-refractivity contribution in [3.63, 3.8) is 0 Å². The number of carbonyl (C=O) groups excluding carboxylic acids is 2. The average Bonchev–Trinajstić information content (AvgIpc) is 3.31. The van der Waals surface area contributed by atoms with Gasteiger partial charge in [-0.15, -0.1) is 11.3 Å². The quantitative estimate of drug-likeness (QED) is 0.379. The predicted octanol–water partition coefficient (Wildman–Crippen LogP) is 5.84. The van der Waals surface area contributed by atoms with Crippen LogP contribution in [0.5, 0.6) is 5.75 Å². The van der Waals surface area contributed by atoms with Crippen molar-refractivity contribution in [1.82, 2.24) is 9.80 Å². The van der Waals surface area contributed by atoms with Crippen molar-refractivity contribution >= 4 is 34.8 Å². The molecule has 0 fully saturated rings. The molecule has 0 spiro atoms. The summed E-state index contributed by atoms with van der Waals surface area (Å²) in [5.74, 6) is -0.168. The third-order valence-electron chi connectivity index (χ3n) is 5.91. The zero-order chi connectivity index (χ0) is 24.9. The minimum atomic E-state index is -0.480. The number of thiophene rings is 1. The van der Waals surface area contributed by atoms with Crippen molar-refractivity contribution in [2.24, 2.45) is 5.92 Å². The van der Waals surface area contributed by atoms with Gasteiger partial charge in [0.2, 0.25) is 5.91 Å². The summed E-state index contributed by atoms with van der Waals surface area (Å²) in [7, 11) is 0. The largest absolute Gasteiger partial charge is 0.491 e. The second kappa shape index (κ2) is 11.2. The molecule has 1 aromatic heterocycles. The highest BCUT2D eigenvalue weighted by atomic mass is 35.5. The summed E-state index contributed by atoms with van der Waals surface area (Å²) in [6.45, 7) is 5.12. The van der Waals surface area contributed by atoms with Crippen LogP contribution in [0.25, 0.3) is 0 Å². The van der Waals surface area contributed by atoms with Crippen LogP contribution in [0, 0.1) is 11.7 Å². The van der Waals surface area contributed by atoms with E-state index in [1.807, 2.05) is 25.3 Å². The molecule has 5 nitrogen and oxygen atoms in total. The van der Waals surface area contributed by atoms with Crippen LogP contribution in [0.2, 0.25) is 5.02 Å². The lowest BCUT2D eigenvalue weighted by molar-refractivity contribution is -0.135. The molecule has 8 heteroatoms. The number of benzene rings is 2. The Morgan fingerprint density at radius 1 is 1.20 bits per heavy atom. The van der Waals surface area contributed by atoms with E-state index in [-0.39, 0.29) is 35.9 Å². The van der Waals surface area contributed by atoms with Crippen molar-refractivity contribution < 1.29 is 18.7 Å². The van der Waals surface area contributed by atoms with Gasteiger partial charge in [0, 0.05) is 28.6 Å². The standard InChI is InChI=1S/C27H28ClFN2O3S/c1-18(2)15-30(27(33)19-4-3-5-21(29)14-19)16-26(32)31-12-10-25-23(11-13-35-25)24(31)17-34-22-8-6-20(28)7-9-22/h3-9,11,13-14,18,24H,10,12,15-17H2,1-2H3/t24-/m1/s1. The lowest BCUT2D eigenvalue weighted by atomic mass is 10.00. The summed E-state index contributed by atoms with van der Waals surface area (Å²) in [5.41, 5.74) is 1.32. The number of fused-ring (bicyclic) bond motifs is 1. The minimum Gasteiger partial charge on any atom is -0.491 e. The Bertz CT molecular complexity index is 1180. The molecule has 0 saturated heterocycles. The van der Waals surface area contributed by atoms with E-state index in [1.165, 1.54) is 28.0 Å². The lowest BCUT2D eigenvalue weighted by Gasteiger charge is -2.37. The number of hydrogen-bond acceptors (Lipinski definition) is 4. The van der Waals surface area contributed by atoms with E-state index >= 15 is 0 Å². The number of ether oxygens (including phenoxy) is 1. The third kappa shape index (κ3) is 6.21. The highest BCUT2D eigenvalue weighted by Crippen LogP contribution is 2.34. The molecule has 3 aromatic rings. The molecule has 35 heavy (non-hydrogen) atoms. The highest BCUT2D eigenvalue weighted by Gasteiger charge is 2.33. The summed E-state index contributed by atoms with van der Waals surface area (Å²) in [6, 6.07) is 14.5. The van der Waals surface area contributed by atoms with Gasteiger partial charge in [0.25, 0.3) is 5.91 Å². The molecule has 0 saturated carbocycles. The highest BCUT2D eigenvalue weighted by molar-refractivity contribution is 7.10. The monoisotopic (exact) mass is 514 g/mol. The summed E-state index contributed by atoms with van der Waals surface area (Å²) < 4.78 is 19.8. The molecule has 0 aliphatic carbocycles. The molecule has 1 atom stereocenters. The maximum absolute atomic E-state index is 13.7. The van der Waals surface area contributed by atoms with Crippen molar-refractivity contribution in [1.29, 1.82) is 0 Å². The Hall–Kier alpha value is -2.90. The molecule has 0 unspecified atom stereocenters. The zero-order valence-corrected chi connectivity index (χ0v) is 21.3. The summed E-state index contributed by atoms with van der Waals surface area (Å²) in [5, 5.41) is 2.66. The van der Waals surface area contributed by atoms with Gasteiger partial charge in [0.15, 0.2) is 0 Å². The molecule has 0 bridgehead atoms. The van der Waals surface area contributed by atoms with Crippen molar-refractivity contribution in [2.75, 3.05) is 26.2 Å². The molecular formula is C27H28ClFN2O3S. The molecule has 2 amide bonds. The normalized spacial score (nSPS) is 15.1. The van der Waals surface area contributed by atoms with E-state index in [2.05, 4.69) is 0 Å². The number of hydrogen-bond donors (Lipinski definition) is 0. The summed E-state index contributed by atoms with van der Waals surface area (Å²) in [6.07, 6.45) is 0.762. The fourth-order valence-corrected chi connectivity index (χ4v) is 5.35. The van der Waals surface area contributed by atoms with Gasteiger partial charge in [0.05, 0.1) is 6.04 Å². The van der Waals surface area contributed by atoms with Gasteiger partial charge in [-0.25, -0.2) is 4.39 Å². The maximum Gasteiger partial charge on any atom is 0.254 e. The Balaban J connectivity index is 1.53. The summed E-state index contributed by atoms with van der Waals surface area (Å²) >= 11 is 7.66. The number of carbonyl (C=O) groups is 2. The molecule has 1 aliphatic heterocycles. The van der Waals surface area contributed by atoms with Crippen LogP contribution in [-0.2, 0) is 11.2 Å². The Morgan fingerprint density at radius 3 is 2.69 bits per heavy atom. The van der Waals surface area contributed by atoms with E-state index in [9.17, 15) is 14.0 Å². The fraction of sp³-hybridized carbons (Fsp3) is 0.333. The Kier molecular flexibility index (Phi) is 8.08. The topological polar surface area (TPSA) is 49.9 Å². The minimum absolute atomic E-state index is 0.0789. The van der Waals surface area contributed by atoms with Crippen LogP contribution in [0.3, 0.4) is 0 Å². The number of amides is 2. The third-order valence-corrected chi connectivity index (χ3v) is 7.16. The molecule has 2 heterocycles. The van der Waals surface area contributed by atoms with E-state index in [1.54, 1.807) is 46.6 Å². The fourth-order valence-electron chi connectivity index (χ4n) is 4.30.